The highest BCUT2D eigenvalue weighted by molar-refractivity contribution is 7.93. The van der Waals surface area contributed by atoms with Crippen LogP contribution in [0.1, 0.15) is 11.1 Å². The third-order valence-corrected chi connectivity index (χ3v) is 7.83. The van der Waals surface area contributed by atoms with E-state index < -0.39 is 19.9 Å². The van der Waals surface area contributed by atoms with Crippen LogP contribution in [0.5, 0.6) is 5.75 Å². The first-order chi connectivity index (χ1) is 15.2. The average Bonchev–Trinajstić information content (AvgIpc) is 3.18. The Morgan fingerprint density at radius 1 is 0.906 bits per heavy atom. The summed E-state index contributed by atoms with van der Waals surface area (Å²) in [5.41, 5.74) is 1.83. The summed E-state index contributed by atoms with van der Waals surface area (Å²) < 4.78 is 65.4. The first-order valence-electron chi connectivity index (χ1n) is 9.66. The van der Waals surface area contributed by atoms with Gasteiger partial charge >= 0.3 is 0 Å². The van der Waals surface area contributed by atoms with Gasteiger partial charge in [-0.25, -0.2) is 8.42 Å². The minimum absolute atomic E-state index is 0.113. The molecule has 0 aliphatic heterocycles. The molecule has 0 spiro atoms. The van der Waals surface area contributed by atoms with E-state index in [0.29, 0.717) is 22.3 Å². The van der Waals surface area contributed by atoms with Gasteiger partial charge in [0.25, 0.3) is 10.0 Å². The van der Waals surface area contributed by atoms with Gasteiger partial charge in [-0.3, -0.25) is 4.72 Å². The van der Waals surface area contributed by atoms with E-state index >= 15 is 0 Å². The van der Waals surface area contributed by atoms with Gasteiger partial charge < -0.3 is 9.15 Å². The van der Waals surface area contributed by atoms with Crippen LogP contribution in [0.4, 0.5) is 5.69 Å². The van der Waals surface area contributed by atoms with Crippen molar-refractivity contribution in [3.8, 4) is 5.75 Å². The van der Waals surface area contributed by atoms with Crippen LogP contribution in [0.15, 0.2) is 87.2 Å². The van der Waals surface area contributed by atoms with Crippen LogP contribution in [0, 0.1) is 6.92 Å². The lowest BCUT2D eigenvalue weighted by atomic mass is 10.2. The Labute approximate surface area is 186 Å². The summed E-state index contributed by atoms with van der Waals surface area (Å²) in [4.78, 5) is -0.153. The van der Waals surface area contributed by atoms with E-state index in [1.54, 1.807) is 42.5 Å². The number of methoxy groups -OCH3 is 1. The molecule has 32 heavy (non-hydrogen) atoms. The van der Waals surface area contributed by atoms with Gasteiger partial charge in [-0.15, -0.1) is 0 Å². The van der Waals surface area contributed by atoms with E-state index in [4.69, 9.17) is 9.15 Å². The number of aryl methyl sites for hydroxylation is 1. The molecule has 1 aromatic heterocycles. The average molecular weight is 472 g/mol. The lowest BCUT2D eigenvalue weighted by Gasteiger charge is -2.14. The number of fused-ring (bicyclic) bond motifs is 1. The third kappa shape index (κ3) is 4.49. The second kappa shape index (κ2) is 8.33. The molecule has 166 valence electrons. The predicted molar refractivity (Wildman–Crippen MR) is 122 cm³/mol. The van der Waals surface area contributed by atoms with Crippen LogP contribution >= 0.6 is 0 Å². The second-order valence-corrected chi connectivity index (χ2v) is 10.9. The highest BCUT2D eigenvalue weighted by Gasteiger charge is 2.26. The number of rotatable bonds is 7. The van der Waals surface area contributed by atoms with Crippen LogP contribution < -0.4 is 9.46 Å². The topological polar surface area (TPSA) is 103 Å². The van der Waals surface area contributed by atoms with E-state index in [-0.39, 0.29) is 21.4 Å². The number of hydrogen-bond acceptors (Lipinski definition) is 6. The van der Waals surface area contributed by atoms with Crippen LogP contribution in [0.25, 0.3) is 11.0 Å². The van der Waals surface area contributed by atoms with Gasteiger partial charge in [0.1, 0.15) is 11.3 Å². The number of sulfone groups is 1. The van der Waals surface area contributed by atoms with Crippen molar-refractivity contribution >= 4 is 36.5 Å². The van der Waals surface area contributed by atoms with Gasteiger partial charge in [-0.1, -0.05) is 48.0 Å². The summed E-state index contributed by atoms with van der Waals surface area (Å²) >= 11 is 0. The van der Waals surface area contributed by atoms with Gasteiger partial charge in [0.2, 0.25) is 5.09 Å². The zero-order valence-electron chi connectivity index (χ0n) is 17.4. The predicted octanol–water partition coefficient (Wildman–Crippen LogP) is 4.52. The van der Waals surface area contributed by atoms with Crippen molar-refractivity contribution in [3.05, 3.63) is 83.9 Å². The van der Waals surface area contributed by atoms with Gasteiger partial charge in [-0.2, -0.15) is 8.42 Å². The van der Waals surface area contributed by atoms with Crippen LogP contribution in [-0.4, -0.2) is 23.9 Å². The first kappa shape index (κ1) is 21.9. The van der Waals surface area contributed by atoms with E-state index in [1.165, 1.54) is 31.4 Å². The zero-order valence-corrected chi connectivity index (χ0v) is 19.0. The van der Waals surface area contributed by atoms with E-state index in [9.17, 15) is 16.8 Å². The van der Waals surface area contributed by atoms with Crippen molar-refractivity contribution in [2.75, 3.05) is 11.8 Å². The molecule has 0 amide bonds. The minimum atomic E-state index is -4.20. The highest BCUT2D eigenvalue weighted by Crippen LogP contribution is 2.32. The summed E-state index contributed by atoms with van der Waals surface area (Å²) in [6.07, 6.45) is 0. The molecule has 0 radical (unpaired) electrons. The second-order valence-electron chi connectivity index (χ2n) is 7.32. The molecule has 0 bridgehead atoms. The van der Waals surface area contributed by atoms with Crippen molar-refractivity contribution in [2.45, 2.75) is 22.7 Å². The maximum absolute atomic E-state index is 13.2. The fourth-order valence-electron chi connectivity index (χ4n) is 3.37. The Kier molecular flexibility index (Phi) is 5.70. The molecule has 3 aromatic carbocycles. The van der Waals surface area contributed by atoms with E-state index in [0.717, 1.165) is 5.56 Å². The summed E-state index contributed by atoms with van der Waals surface area (Å²) in [5, 5.41) is 0.300. The highest BCUT2D eigenvalue weighted by atomic mass is 32.2. The molecular formula is C23H21NO6S2. The first-order valence-corrected chi connectivity index (χ1v) is 12.8. The zero-order chi connectivity index (χ0) is 22.9. The number of nitrogens with one attached hydrogen (secondary N) is 1. The number of ether oxygens (including phenoxy) is 1. The van der Waals surface area contributed by atoms with E-state index in [2.05, 4.69) is 4.72 Å². The normalized spacial score (nSPS) is 12.1. The summed E-state index contributed by atoms with van der Waals surface area (Å²) in [7, 11) is -6.67. The minimum Gasteiger partial charge on any atom is -0.497 e. The monoisotopic (exact) mass is 471 g/mol. The molecule has 0 unspecified atom stereocenters. The SMILES string of the molecule is COc1ccc(S(=O)(=O)Cc2cccc(C)c2)c(NS(=O)(=O)c2cc3ccccc3o2)c1. The maximum Gasteiger partial charge on any atom is 0.295 e. The molecule has 0 saturated heterocycles. The van der Waals surface area contributed by atoms with Crippen LogP contribution in [0.2, 0.25) is 0 Å². The molecule has 0 fully saturated rings. The number of furan rings is 1. The third-order valence-electron chi connectivity index (χ3n) is 4.87. The number of anilines is 1. The smallest absolute Gasteiger partial charge is 0.295 e. The molecule has 0 atom stereocenters. The molecule has 0 saturated carbocycles. The van der Waals surface area contributed by atoms with Gasteiger partial charge in [-0.05, 0) is 30.7 Å². The Morgan fingerprint density at radius 2 is 1.69 bits per heavy atom. The van der Waals surface area contributed by atoms with Gasteiger partial charge in [0.05, 0.1) is 23.4 Å². The molecule has 1 heterocycles. The van der Waals surface area contributed by atoms with Gasteiger partial charge in [0, 0.05) is 17.5 Å². The lowest BCUT2D eigenvalue weighted by Crippen LogP contribution is -2.16. The van der Waals surface area contributed by atoms with Crippen molar-refractivity contribution in [1.82, 2.24) is 0 Å². The quantitative estimate of drug-likeness (QED) is 0.425. The van der Waals surface area contributed by atoms with Crippen LogP contribution in [-0.2, 0) is 25.6 Å². The Bertz CT molecular complexity index is 1470. The largest absolute Gasteiger partial charge is 0.497 e. The number of para-hydroxylation sites is 1. The van der Waals surface area contributed by atoms with E-state index in [1.807, 2.05) is 13.0 Å². The Balaban J connectivity index is 1.74. The van der Waals surface area contributed by atoms with Crippen molar-refractivity contribution in [2.24, 2.45) is 0 Å². The summed E-state index contributed by atoms with van der Waals surface area (Å²) in [5.74, 6) is 0.0298. The molecule has 4 aromatic rings. The lowest BCUT2D eigenvalue weighted by molar-refractivity contribution is 0.414. The molecule has 0 aliphatic carbocycles. The molecule has 9 heteroatoms. The van der Waals surface area contributed by atoms with Crippen LogP contribution in [0.3, 0.4) is 0 Å². The molecule has 7 nitrogen and oxygen atoms in total. The molecule has 1 N–H and O–H groups in total. The summed E-state index contributed by atoms with van der Waals surface area (Å²) in [6, 6.07) is 19.5. The Morgan fingerprint density at radius 3 is 2.41 bits per heavy atom. The Hall–Kier alpha value is -3.30. The van der Waals surface area contributed by atoms with Crippen molar-refractivity contribution in [3.63, 3.8) is 0 Å². The fourth-order valence-corrected chi connectivity index (χ4v) is 5.97. The van der Waals surface area contributed by atoms with Crippen molar-refractivity contribution < 1.29 is 26.0 Å². The summed E-state index contributed by atoms with van der Waals surface area (Å²) in [6.45, 7) is 1.87. The van der Waals surface area contributed by atoms with Crippen molar-refractivity contribution in [1.29, 1.82) is 0 Å². The number of hydrogen-bond donors (Lipinski definition) is 1. The number of benzene rings is 3. The molecule has 0 aliphatic rings. The molecule has 4 rings (SSSR count). The standard InChI is InChI=1S/C23H21NO6S2/c1-16-6-5-7-17(12-16)15-31(25,26)22-11-10-19(29-2)14-20(22)24-32(27,28)23-13-18-8-3-4-9-21(18)30-23/h3-14,24H,15H2,1-2H3. The van der Waals surface area contributed by atoms with Gasteiger partial charge in [0.15, 0.2) is 9.84 Å². The molecular weight excluding hydrogens is 450 g/mol. The maximum atomic E-state index is 13.2. The number of sulfonamides is 1. The fraction of sp³-hybridized carbons (Fsp3) is 0.130.